The first-order chi connectivity index (χ1) is 14.2. The standard InChI is InChI=1S/C21H18ClFN2O4S/c1-30(27,28)25-19-12-15(10-11-18(19)23)24-21(26)16-7-3-5-9-20(16)29-13-14-6-2-4-8-17(14)22/h2-12,25H,13H2,1H3,(H,24,26). The van der Waals surface area contributed by atoms with E-state index in [1.165, 1.54) is 12.1 Å². The summed E-state index contributed by atoms with van der Waals surface area (Å²) in [5.41, 5.74) is 0.975. The van der Waals surface area contributed by atoms with Crippen molar-refractivity contribution >= 4 is 38.9 Å². The zero-order chi connectivity index (χ0) is 21.7. The van der Waals surface area contributed by atoms with Gasteiger partial charge in [-0.1, -0.05) is 41.9 Å². The topological polar surface area (TPSA) is 84.5 Å². The highest BCUT2D eigenvalue weighted by Crippen LogP contribution is 2.25. The molecule has 0 aromatic heterocycles. The van der Waals surface area contributed by atoms with Gasteiger partial charge < -0.3 is 10.1 Å². The lowest BCUT2D eigenvalue weighted by molar-refractivity contribution is 0.102. The summed E-state index contributed by atoms with van der Waals surface area (Å²) in [6, 6.07) is 17.4. The lowest BCUT2D eigenvalue weighted by Crippen LogP contribution is -2.15. The summed E-state index contributed by atoms with van der Waals surface area (Å²) in [4.78, 5) is 12.7. The van der Waals surface area contributed by atoms with Crippen molar-refractivity contribution in [2.24, 2.45) is 0 Å². The van der Waals surface area contributed by atoms with Crippen molar-refractivity contribution in [2.75, 3.05) is 16.3 Å². The molecule has 0 heterocycles. The van der Waals surface area contributed by atoms with E-state index in [-0.39, 0.29) is 23.5 Å². The van der Waals surface area contributed by atoms with Gasteiger partial charge in [-0.3, -0.25) is 9.52 Å². The van der Waals surface area contributed by atoms with Crippen LogP contribution >= 0.6 is 11.6 Å². The van der Waals surface area contributed by atoms with E-state index >= 15 is 0 Å². The number of hydrogen-bond acceptors (Lipinski definition) is 4. The summed E-state index contributed by atoms with van der Waals surface area (Å²) in [7, 11) is -3.67. The average molecular weight is 449 g/mol. The van der Waals surface area contributed by atoms with Gasteiger partial charge in [0.25, 0.3) is 5.91 Å². The summed E-state index contributed by atoms with van der Waals surface area (Å²) in [6.07, 6.45) is 0.907. The Kier molecular flexibility index (Phi) is 6.59. The van der Waals surface area contributed by atoms with Crippen molar-refractivity contribution in [3.05, 3.63) is 88.7 Å². The van der Waals surface area contributed by atoms with Crippen LogP contribution in [0.4, 0.5) is 15.8 Å². The van der Waals surface area contributed by atoms with Gasteiger partial charge >= 0.3 is 0 Å². The van der Waals surface area contributed by atoms with Crippen molar-refractivity contribution in [1.82, 2.24) is 0 Å². The Bertz CT molecular complexity index is 1190. The molecule has 30 heavy (non-hydrogen) atoms. The van der Waals surface area contributed by atoms with E-state index in [2.05, 4.69) is 10.0 Å². The first kappa shape index (κ1) is 21.6. The fraction of sp³-hybridized carbons (Fsp3) is 0.0952. The van der Waals surface area contributed by atoms with Crippen LogP contribution in [0.2, 0.25) is 5.02 Å². The molecule has 0 unspecified atom stereocenters. The lowest BCUT2D eigenvalue weighted by atomic mass is 10.1. The van der Waals surface area contributed by atoms with Gasteiger partial charge in [-0.05, 0) is 36.4 Å². The number of carbonyl (C=O) groups is 1. The molecule has 0 aliphatic rings. The minimum atomic E-state index is -3.67. The Labute approximate surface area is 178 Å². The van der Waals surface area contributed by atoms with E-state index in [4.69, 9.17) is 16.3 Å². The first-order valence-corrected chi connectivity index (χ1v) is 11.0. The number of carbonyl (C=O) groups excluding carboxylic acids is 1. The van der Waals surface area contributed by atoms with Gasteiger partial charge in [0.1, 0.15) is 18.2 Å². The Morgan fingerprint density at radius 3 is 2.50 bits per heavy atom. The number of anilines is 2. The van der Waals surface area contributed by atoms with Crippen LogP contribution in [-0.2, 0) is 16.6 Å². The third-order valence-electron chi connectivity index (χ3n) is 3.99. The van der Waals surface area contributed by atoms with Crippen molar-refractivity contribution < 1.29 is 22.3 Å². The SMILES string of the molecule is CS(=O)(=O)Nc1cc(NC(=O)c2ccccc2OCc2ccccc2Cl)ccc1F. The Morgan fingerprint density at radius 1 is 1.07 bits per heavy atom. The summed E-state index contributed by atoms with van der Waals surface area (Å²) in [6.45, 7) is 0.170. The minimum Gasteiger partial charge on any atom is -0.488 e. The van der Waals surface area contributed by atoms with E-state index in [1.54, 1.807) is 30.3 Å². The van der Waals surface area contributed by atoms with Crippen LogP contribution in [0.1, 0.15) is 15.9 Å². The van der Waals surface area contributed by atoms with E-state index in [0.717, 1.165) is 17.9 Å². The maximum Gasteiger partial charge on any atom is 0.259 e. The molecular formula is C21H18ClFN2O4S. The smallest absolute Gasteiger partial charge is 0.259 e. The van der Waals surface area contributed by atoms with Gasteiger partial charge in [-0.15, -0.1) is 0 Å². The highest BCUT2D eigenvalue weighted by molar-refractivity contribution is 7.92. The third-order valence-corrected chi connectivity index (χ3v) is 4.95. The number of nitrogens with one attached hydrogen (secondary N) is 2. The molecule has 156 valence electrons. The molecule has 0 saturated carbocycles. The maximum atomic E-state index is 13.8. The molecule has 0 atom stereocenters. The predicted molar refractivity (Wildman–Crippen MR) is 115 cm³/mol. The number of para-hydroxylation sites is 1. The van der Waals surface area contributed by atoms with Gasteiger partial charge in [0.05, 0.1) is 17.5 Å². The summed E-state index contributed by atoms with van der Waals surface area (Å²) in [5, 5.41) is 3.17. The molecule has 0 radical (unpaired) electrons. The van der Waals surface area contributed by atoms with Crippen LogP contribution in [0.25, 0.3) is 0 Å². The molecule has 0 bridgehead atoms. The van der Waals surface area contributed by atoms with Crippen LogP contribution in [0.5, 0.6) is 5.75 Å². The molecule has 6 nitrogen and oxygen atoms in total. The third kappa shape index (κ3) is 5.71. The summed E-state index contributed by atoms with van der Waals surface area (Å²) < 4.78 is 44.4. The monoisotopic (exact) mass is 448 g/mol. The van der Waals surface area contributed by atoms with Gasteiger partial charge in [-0.2, -0.15) is 0 Å². The quantitative estimate of drug-likeness (QED) is 0.549. The molecule has 3 aromatic rings. The number of rotatable bonds is 7. The number of halogens is 2. The Morgan fingerprint density at radius 2 is 1.77 bits per heavy atom. The maximum absolute atomic E-state index is 13.8. The largest absolute Gasteiger partial charge is 0.488 e. The fourth-order valence-corrected chi connectivity index (χ4v) is 3.38. The summed E-state index contributed by atoms with van der Waals surface area (Å²) in [5.74, 6) is -0.921. The normalized spacial score (nSPS) is 11.0. The van der Waals surface area contributed by atoms with Crippen molar-refractivity contribution in [3.8, 4) is 5.75 Å². The number of hydrogen-bond donors (Lipinski definition) is 2. The van der Waals surface area contributed by atoms with Gasteiger partial charge in [0, 0.05) is 16.3 Å². The highest BCUT2D eigenvalue weighted by atomic mass is 35.5. The highest BCUT2D eigenvalue weighted by Gasteiger charge is 2.15. The Balaban J connectivity index is 1.78. The second-order valence-corrected chi connectivity index (χ2v) is 8.55. The number of ether oxygens (including phenoxy) is 1. The molecule has 2 N–H and O–H groups in total. The number of benzene rings is 3. The lowest BCUT2D eigenvalue weighted by Gasteiger charge is -2.13. The second-order valence-electron chi connectivity index (χ2n) is 6.40. The first-order valence-electron chi connectivity index (χ1n) is 8.77. The summed E-state index contributed by atoms with van der Waals surface area (Å²) >= 11 is 6.13. The second kappa shape index (κ2) is 9.15. The Hall–Kier alpha value is -3.10. The molecule has 1 amide bonds. The van der Waals surface area contributed by atoms with Crippen LogP contribution < -0.4 is 14.8 Å². The molecule has 3 aromatic carbocycles. The van der Waals surface area contributed by atoms with Gasteiger partial charge in [-0.25, -0.2) is 12.8 Å². The molecule has 0 aliphatic heterocycles. The van der Waals surface area contributed by atoms with Gasteiger partial charge in [0.15, 0.2) is 0 Å². The van der Waals surface area contributed by atoms with E-state index in [1.807, 2.05) is 18.2 Å². The van der Waals surface area contributed by atoms with Crippen LogP contribution in [-0.4, -0.2) is 20.6 Å². The molecule has 0 aliphatic carbocycles. The minimum absolute atomic E-state index is 0.170. The number of sulfonamides is 1. The molecule has 0 spiro atoms. The molecule has 9 heteroatoms. The van der Waals surface area contributed by atoms with Crippen molar-refractivity contribution in [1.29, 1.82) is 0 Å². The fourth-order valence-electron chi connectivity index (χ4n) is 2.63. The zero-order valence-corrected chi connectivity index (χ0v) is 17.4. The van der Waals surface area contributed by atoms with Crippen molar-refractivity contribution in [3.63, 3.8) is 0 Å². The molecule has 0 fully saturated rings. The van der Waals surface area contributed by atoms with Gasteiger partial charge in [0.2, 0.25) is 10.0 Å². The molecule has 0 saturated heterocycles. The average Bonchev–Trinajstić information content (AvgIpc) is 2.69. The zero-order valence-electron chi connectivity index (χ0n) is 15.9. The van der Waals surface area contributed by atoms with E-state index in [9.17, 15) is 17.6 Å². The molecular weight excluding hydrogens is 431 g/mol. The van der Waals surface area contributed by atoms with Crippen molar-refractivity contribution in [2.45, 2.75) is 6.61 Å². The van der Waals surface area contributed by atoms with E-state index < -0.39 is 21.7 Å². The van der Waals surface area contributed by atoms with Crippen LogP contribution in [0, 0.1) is 5.82 Å². The predicted octanol–water partition coefficient (Wildman–Crippen LogP) is 4.68. The molecule has 3 rings (SSSR count). The van der Waals surface area contributed by atoms with E-state index in [0.29, 0.717) is 10.8 Å². The number of amides is 1. The van der Waals surface area contributed by atoms with Crippen LogP contribution in [0.3, 0.4) is 0 Å². The van der Waals surface area contributed by atoms with Crippen LogP contribution in [0.15, 0.2) is 66.7 Å².